The smallest absolute Gasteiger partial charge is 0.305 e. The van der Waals surface area contributed by atoms with Crippen LogP contribution < -0.4 is 0 Å². The summed E-state index contributed by atoms with van der Waals surface area (Å²) in [4.78, 5) is 10.8. The molecule has 0 amide bonds. The highest BCUT2D eigenvalue weighted by atomic mass is 32.2. The SMILES string of the molecule is COC(=O)CCCCCCCCOS(C)(=O)=O. The van der Waals surface area contributed by atoms with E-state index in [1.54, 1.807) is 0 Å². The minimum atomic E-state index is -3.29. The normalized spacial score (nSPS) is 11.4. The maximum absolute atomic E-state index is 10.8. The minimum Gasteiger partial charge on any atom is -0.469 e. The third kappa shape index (κ3) is 13.3. The summed E-state index contributed by atoms with van der Waals surface area (Å²) in [5, 5.41) is 0. The van der Waals surface area contributed by atoms with Crippen molar-refractivity contribution in [1.82, 2.24) is 0 Å². The largest absolute Gasteiger partial charge is 0.469 e. The van der Waals surface area contributed by atoms with Crippen LogP contribution in [-0.4, -0.2) is 34.4 Å². The molecule has 0 heterocycles. The highest BCUT2D eigenvalue weighted by molar-refractivity contribution is 7.85. The van der Waals surface area contributed by atoms with Crippen molar-refractivity contribution in [3.8, 4) is 0 Å². The molecule has 0 aromatic heterocycles. The third-order valence-electron chi connectivity index (χ3n) is 2.30. The van der Waals surface area contributed by atoms with Crippen LogP contribution in [0.1, 0.15) is 44.9 Å². The molecule has 0 fully saturated rings. The van der Waals surface area contributed by atoms with Gasteiger partial charge in [0.15, 0.2) is 0 Å². The van der Waals surface area contributed by atoms with Crippen molar-refractivity contribution in [2.75, 3.05) is 20.0 Å². The van der Waals surface area contributed by atoms with E-state index in [-0.39, 0.29) is 12.6 Å². The molecule has 17 heavy (non-hydrogen) atoms. The topological polar surface area (TPSA) is 69.7 Å². The Hall–Kier alpha value is -0.620. The Bertz CT molecular complexity index is 297. The number of hydrogen-bond acceptors (Lipinski definition) is 5. The highest BCUT2D eigenvalue weighted by Crippen LogP contribution is 2.08. The van der Waals surface area contributed by atoms with Crippen molar-refractivity contribution < 1.29 is 22.1 Å². The Labute approximate surface area is 104 Å². The monoisotopic (exact) mass is 266 g/mol. The van der Waals surface area contributed by atoms with Crippen LogP contribution in [0.2, 0.25) is 0 Å². The second-order valence-electron chi connectivity index (χ2n) is 3.97. The molecule has 0 rings (SSSR count). The van der Waals surface area contributed by atoms with Crippen LogP contribution in [0.4, 0.5) is 0 Å². The van der Waals surface area contributed by atoms with E-state index in [0.717, 1.165) is 44.8 Å². The summed E-state index contributed by atoms with van der Waals surface area (Å²) < 4.78 is 30.4. The van der Waals surface area contributed by atoms with Gasteiger partial charge in [-0.1, -0.05) is 25.7 Å². The molecule has 0 aliphatic heterocycles. The van der Waals surface area contributed by atoms with E-state index in [2.05, 4.69) is 8.92 Å². The second-order valence-corrected chi connectivity index (χ2v) is 5.62. The molecule has 0 N–H and O–H groups in total. The van der Waals surface area contributed by atoms with Crippen molar-refractivity contribution in [1.29, 1.82) is 0 Å². The van der Waals surface area contributed by atoms with E-state index in [1.165, 1.54) is 7.11 Å². The molecule has 0 aromatic rings. The van der Waals surface area contributed by atoms with E-state index in [4.69, 9.17) is 0 Å². The first-order valence-electron chi connectivity index (χ1n) is 5.87. The first kappa shape index (κ1) is 16.4. The lowest BCUT2D eigenvalue weighted by Gasteiger charge is -2.02. The van der Waals surface area contributed by atoms with Crippen LogP contribution >= 0.6 is 0 Å². The molecule has 0 spiro atoms. The number of ether oxygens (including phenoxy) is 1. The van der Waals surface area contributed by atoms with Crippen molar-refractivity contribution in [2.45, 2.75) is 44.9 Å². The van der Waals surface area contributed by atoms with Crippen LogP contribution in [0.5, 0.6) is 0 Å². The van der Waals surface area contributed by atoms with Crippen molar-refractivity contribution in [3.05, 3.63) is 0 Å². The summed E-state index contributed by atoms with van der Waals surface area (Å²) in [6.45, 7) is 0.265. The molecule has 0 aromatic carbocycles. The molecule has 0 aliphatic rings. The average Bonchev–Trinajstić information content (AvgIpc) is 2.25. The zero-order valence-electron chi connectivity index (χ0n) is 10.6. The predicted molar refractivity (Wildman–Crippen MR) is 65.1 cm³/mol. The fourth-order valence-corrected chi connectivity index (χ4v) is 1.81. The summed E-state index contributed by atoms with van der Waals surface area (Å²) >= 11 is 0. The summed E-state index contributed by atoms with van der Waals surface area (Å²) in [7, 11) is -1.90. The van der Waals surface area contributed by atoms with Gasteiger partial charge < -0.3 is 4.74 Å². The quantitative estimate of drug-likeness (QED) is 0.343. The number of methoxy groups -OCH3 is 1. The Morgan fingerprint density at radius 2 is 1.53 bits per heavy atom. The van der Waals surface area contributed by atoms with Gasteiger partial charge in [0.1, 0.15) is 0 Å². The zero-order chi connectivity index (χ0) is 13.1. The van der Waals surface area contributed by atoms with Crippen molar-refractivity contribution >= 4 is 16.1 Å². The van der Waals surface area contributed by atoms with Gasteiger partial charge in [0.2, 0.25) is 0 Å². The number of esters is 1. The molecular formula is C11H22O5S. The molecule has 5 nitrogen and oxygen atoms in total. The molecule has 0 saturated carbocycles. The molecular weight excluding hydrogens is 244 g/mol. The summed E-state index contributed by atoms with van der Waals surface area (Å²) in [6, 6.07) is 0. The first-order valence-corrected chi connectivity index (χ1v) is 7.68. The van der Waals surface area contributed by atoms with Gasteiger partial charge in [-0.3, -0.25) is 8.98 Å². The number of unbranched alkanes of at least 4 members (excludes halogenated alkanes) is 5. The standard InChI is InChI=1S/C11H22O5S/c1-15-11(12)9-7-5-3-4-6-8-10-16-17(2,13)14/h3-10H2,1-2H3. The van der Waals surface area contributed by atoms with Crippen LogP contribution in [0.25, 0.3) is 0 Å². The van der Waals surface area contributed by atoms with Crippen molar-refractivity contribution in [3.63, 3.8) is 0 Å². The maximum atomic E-state index is 10.8. The lowest BCUT2D eigenvalue weighted by Crippen LogP contribution is -2.03. The van der Waals surface area contributed by atoms with Crippen LogP contribution in [0.15, 0.2) is 0 Å². The molecule has 102 valence electrons. The Kier molecular flexibility index (Phi) is 9.07. The molecule has 0 radical (unpaired) electrons. The van der Waals surface area contributed by atoms with Gasteiger partial charge in [0.05, 0.1) is 20.0 Å². The van der Waals surface area contributed by atoms with Gasteiger partial charge in [0, 0.05) is 6.42 Å². The van der Waals surface area contributed by atoms with E-state index in [1.807, 2.05) is 0 Å². The number of carbonyl (C=O) groups is 1. The fourth-order valence-electron chi connectivity index (χ4n) is 1.39. The molecule has 0 unspecified atom stereocenters. The van der Waals surface area contributed by atoms with E-state index in [0.29, 0.717) is 6.42 Å². The summed E-state index contributed by atoms with van der Waals surface area (Å²) in [5.41, 5.74) is 0. The van der Waals surface area contributed by atoms with Crippen molar-refractivity contribution in [2.24, 2.45) is 0 Å². The van der Waals surface area contributed by atoms with Gasteiger partial charge in [0.25, 0.3) is 10.1 Å². The zero-order valence-corrected chi connectivity index (χ0v) is 11.4. The Morgan fingerprint density at radius 1 is 1.00 bits per heavy atom. The van der Waals surface area contributed by atoms with Crippen LogP contribution in [0, 0.1) is 0 Å². The first-order chi connectivity index (χ1) is 7.95. The number of hydrogen-bond donors (Lipinski definition) is 0. The molecule has 0 saturated heterocycles. The second kappa shape index (κ2) is 9.41. The lowest BCUT2D eigenvalue weighted by atomic mass is 10.1. The maximum Gasteiger partial charge on any atom is 0.305 e. The number of rotatable bonds is 10. The van der Waals surface area contributed by atoms with Crippen LogP contribution in [-0.2, 0) is 23.8 Å². The highest BCUT2D eigenvalue weighted by Gasteiger charge is 2.01. The number of carbonyl (C=O) groups excluding carboxylic acids is 1. The van der Waals surface area contributed by atoms with Gasteiger partial charge in [-0.2, -0.15) is 8.42 Å². The van der Waals surface area contributed by atoms with Gasteiger partial charge in [-0.05, 0) is 12.8 Å². The third-order valence-corrected chi connectivity index (χ3v) is 2.90. The summed E-state index contributed by atoms with van der Waals surface area (Å²) in [6.07, 6.45) is 7.18. The Morgan fingerprint density at radius 3 is 2.06 bits per heavy atom. The summed E-state index contributed by atoms with van der Waals surface area (Å²) in [5.74, 6) is -0.161. The van der Waals surface area contributed by atoms with Gasteiger partial charge in [-0.15, -0.1) is 0 Å². The predicted octanol–water partition coefficient (Wildman–Crippen LogP) is 1.87. The lowest BCUT2D eigenvalue weighted by molar-refractivity contribution is -0.140. The molecule has 0 bridgehead atoms. The van der Waals surface area contributed by atoms with E-state index in [9.17, 15) is 13.2 Å². The Balaban J connectivity index is 3.17. The molecule has 0 aliphatic carbocycles. The van der Waals surface area contributed by atoms with E-state index < -0.39 is 10.1 Å². The van der Waals surface area contributed by atoms with Gasteiger partial charge in [-0.25, -0.2) is 0 Å². The van der Waals surface area contributed by atoms with E-state index >= 15 is 0 Å². The average molecular weight is 266 g/mol. The van der Waals surface area contributed by atoms with Crippen LogP contribution in [0.3, 0.4) is 0 Å². The fraction of sp³-hybridized carbons (Fsp3) is 0.909. The van der Waals surface area contributed by atoms with Gasteiger partial charge >= 0.3 is 5.97 Å². The molecule has 0 atom stereocenters. The minimum absolute atomic E-state index is 0.161. The molecule has 6 heteroatoms.